The van der Waals surface area contributed by atoms with Crippen LogP contribution in [0, 0.1) is 13.8 Å². The second-order valence-corrected chi connectivity index (χ2v) is 9.36. The first-order valence-corrected chi connectivity index (χ1v) is 11.9. The molecule has 10 heteroatoms. The molecular weight excluding hydrogens is 474 g/mol. The third-order valence-electron chi connectivity index (χ3n) is 5.19. The van der Waals surface area contributed by atoms with Gasteiger partial charge in [-0.1, -0.05) is 24.3 Å². The van der Waals surface area contributed by atoms with E-state index < -0.39 is 28.5 Å². The molecule has 0 bridgehead atoms. The number of fused-ring (bicyclic) bond motifs is 1. The summed E-state index contributed by atoms with van der Waals surface area (Å²) in [5.41, 5.74) is 1.61. The minimum atomic E-state index is -4.23. The molecule has 0 aromatic heterocycles. The van der Waals surface area contributed by atoms with Crippen LogP contribution in [0.25, 0.3) is 0 Å². The topological polar surface area (TPSA) is 125 Å². The van der Waals surface area contributed by atoms with Gasteiger partial charge in [-0.2, -0.15) is 8.42 Å². The van der Waals surface area contributed by atoms with Crippen molar-refractivity contribution < 1.29 is 36.5 Å². The minimum Gasteiger partial charge on any atom is -0.482 e. The standard InChI is InChI=1S/C25H21NO8S/c1-15-7-8-16(2)23(11-15)35(30,31)34-21-6-4-3-5-18(21)25(29)33-13-20(27)17-9-10-22-19(12-17)26-24(28)14-32-22/h3-12H,13-14H2,1-2H3,(H,26,28). The van der Waals surface area contributed by atoms with Gasteiger partial charge in [-0.3, -0.25) is 9.59 Å². The molecule has 1 N–H and O–H groups in total. The molecule has 0 unspecified atom stereocenters. The molecule has 3 aromatic rings. The number of benzene rings is 3. The molecule has 0 radical (unpaired) electrons. The van der Waals surface area contributed by atoms with Crippen LogP contribution in [0.4, 0.5) is 5.69 Å². The number of nitrogens with one attached hydrogen (secondary N) is 1. The summed E-state index contributed by atoms with van der Waals surface area (Å²) in [7, 11) is -4.23. The first kappa shape index (κ1) is 24.0. The van der Waals surface area contributed by atoms with Crippen LogP contribution in [0.3, 0.4) is 0 Å². The Bertz CT molecular complexity index is 1450. The van der Waals surface area contributed by atoms with Crippen molar-refractivity contribution >= 4 is 33.5 Å². The highest BCUT2D eigenvalue weighted by Crippen LogP contribution is 2.29. The normalized spacial score (nSPS) is 12.7. The van der Waals surface area contributed by atoms with E-state index in [1.807, 2.05) is 0 Å². The fourth-order valence-electron chi connectivity index (χ4n) is 3.40. The number of Topliss-reactive ketones (excluding diaryl/α,β-unsaturated/α-hetero) is 1. The van der Waals surface area contributed by atoms with Crippen LogP contribution < -0.4 is 14.2 Å². The summed E-state index contributed by atoms with van der Waals surface area (Å²) >= 11 is 0. The smallest absolute Gasteiger partial charge is 0.342 e. The van der Waals surface area contributed by atoms with E-state index in [2.05, 4.69) is 5.32 Å². The Morgan fingerprint density at radius 3 is 2.60 bits per heavy atom. The zero-order chi connectivity index (χ0) is 25.2. The Labute approximate surface area is 201 Å². The highest BCUT2D eigenvalue weighted by Gasteiger charge is 2.24. The summed E-state index contributed by atoms with van der Waals surface area (Å²) in [5.74, 6) is -1.60. The third kappa shape index (κ3) is 5.33. The lowest BCUT2D eigenvalue weighted by Crippen LogP contribution is -2.25. The molecule has 4 rings (SSSR count). The van der Waals surface area contributed by atoms with Crippen LogP contribution in [0.15, 0.2) is 65.6 Å². The van der Waals surface area contributed by atoms with E-state index in [1.165, 1.54) is 48.5 Å². The van der Waals surface area contributed by atoms with Gasteiger partial charge in [0.05, 0.1) is 5.69 Å². The molecule has 0 saturated heterocycles. The first-order valence-electron chi connectivity index (χ1n) is 10.5. The molecule has 0 spiro atoms. The van der Waals surface area contributed by atoms with Gasteiger partial charge in [0, 0.05) is 5.56 Å². The monoisotopic (exact) mass is 495 g/mol. The summed E-state index contributed by atoms with van der Waals surface area (Å²) in [4.78, 5) is 36.7. The zero-order valence-corrected chi connectivity index (χ0v) is 19.7. The Morgan fingerprint density at radius 1 is 1.03 bits per heavy atom. The van der Waals surface area contributed by atoms with Gasteiger partial charge in [0.1, 0.15) is 16.2 Å². The van der Waals surface area contributed by atoms with Crippen LogP contribution >= 0.6 is 0 Å². The van der Waals surface area contributed by atoms with E-state index in [0.29, 0.717) is 17.0 Å². The van der Waals surface area contributed by atoms with Crippen LogP contribution in [0.1, 0.15) is 31.8 Å². The van der Waals surface area contributed by atoms with Gasteiger partial charge >= 0.3 is 16.1 Å². The van der Waals surface area contributed by atoms with E-state index in [-0.39, 0.29) is 34.3 Å². The van der Waals surface area contributed by atoms with Gasteiger partial charge in [0.2, 0.25) is 0 Å². The molecule has 1 aliphatic rings. The van der Waals surface area contributed by atoms with Gasteiger partial charge in [0.15, 0.2) is 24.7 Å². The maximum Gasteiger partial charge on any atom is 0.342 e. The lowest BCUT2D eigenvalue weighted by molar-refractivity contribution is -0.118. The quantitative estimate of drug-likeness (QED) is 0.300. The SMILES string of the molecule is Cc1ccc(C)c(S(=O)(=O)Oc2ccccc2C(=O)OCC(=O)c2ccc3c(c2)NC(=O)CO3)c1. The number of esters is 1. The number of ether oxygens (including phenoxy) is 2. The van der Waals surface area contributed by atoms with Gasteiger partial charge in [-0.05, 0) is 61.4 Å². The van der Waals surface area contributed by atoms with Gasteiger partial charge in [0.25, 0.3) is 5.91 Å². The molecule has 0 aliphatic carbocycles. The second kappa shape index (κ2) is 9.59. The van der Waals surface area contributed by atoms with Crippen molar-refractivity contribution in [1.29, 1.82) is 0 Å². The number of para-hydroxylation sites is 1. The number of ketones is 1. The fourth-order valence-corrected chi connectivity index (χ4v) is 4.66. The highest BCUT2D eigenvalue weighted by molar-refractivity contribution is 7.87. The molecule has 1 aliphatic heterocycles. The van der Waals surface area contributed by atoms with E-state index in [0.717, 1.165) is 5.56 Å². The summed E-state index contributed by atoms with van der Waals surface area (Å²) in [5, 5.41) is 2.60. The molecule has 1 heterocycles. The predicted molar refractivity (Wildman–Crippen MR) is 125 cm³/mol. The van der Waals surface area contributed by atoms with Crippen molar-refractivity contribution in [3.05, 3.63) is 82.9 Å². The lowest BCUT2D eigenvalue weighted by Gasteiger charge is -2.18. The largest absolute Gasteiger partial charge is 0.482 e. The molecule has 35 heavy (non-hydrogen) atoms. The Morgan fingerprint density at radius 2 is 1.80 bits per heavy atom. The number of hydrogen-bond donors (Lipinski definition) is 1. The van der Waals surface area contributed by atoms with Crippen LogP contribution in [0.2, 0.25) is 0 Å². The van der Waals surface area contributed by atoms with Crippen molar-refractivity contribution in [2.24, 2.45) is 0 Å². The Hall–Kier alpha value is -4.18. The first-order chi connectivity index (χ1) is 16.6. The minimum absolute atomic E-state index is 0.0145. The second-order valence-electron chi connectivity index (χ2n) is 7.85. The summed E-state index contributed by atoms with van der Waals surface area (Å²) in [6.45, 7) is 2.67. The van der Waals surface area contributed by atoms with Crippen LogP contribution in [-0.2, 0) is 19.6 Å². The maximum atomic E-state index is 12.9. The lowest BCUT2D eigenvalue weighted by atomic mass is 10.1. The van der Waals surface area contributed by atoms with Crippen molar-refractivity contribution in [3.8, 4) is 11.5 Å². The number of rotatable bonds is 7. The van der Waals surface area contributed by atoms with E-state index in [9.17, 15) is 22.8 Å². The van der Waals surface area contributed by atoms with Gasteiger partial charge in [-0.25, -0.2) is 4.79 Å². The Kier molecular flexibility index (Phi) is 6.57. The number of amides is 1. The third-order valence-corrected chi connectivity index (χ3v) is 6.57. The number of hydrogen-bond acceptors (Lipinski definition) is 8. The molecule has 180 valence electrons. The van der Waals surface area contributed by atoms with E-state index in [1.54, 1.807) is 26.0 Å². The fraction of sp³-hybridized carbons (Fsp3) is 0.160. The molecule has 0 fully saturated rings. The molecule has 0 atom stereocenters. The molecule has 3 aromatic carbocycles. The van der Waals surface area contributed by atoms with Gasteiger partial charge < -0.3 is 19.0 Å². The van der Waals surface area contributed by atoms with Crippen molar-refractivity contribution in [3.63, 3.8) is 0 Å². The summed E-state index contributed by atoms with van der Waals surface area (Å²) < 4.78 is 41.4. The highest BCUT2D eigenvalue weighted by atomic mass is 32.2. The van der Waals surface area contributed by atoms with Gasteiger partial charge in [-0.15, -0.1) is 0 Å². The molecule has 9 nitrogen and oxygen atoms in total. The average molecular weight is 496 g/mol. The van der Waals surface area contributed by atoms with Crippen molar-refractivity contribution in [2.75, 3.05) is 18.5 Å². The molecule has 0 saturated carbocycles. The van der Waals surface area contributed by atoms with Crippen molar-refractivity contribution in [2.45, 2.75) is 18.7 Å². The molecule has 1 amide bonds. The maximum absolute atomic E-state index is 12.9. The number of anilines is 1. The van der Waals surface area contributed by atoms with Crippen LogP contribution in [-0.4, -0.2) is 39.3 Å². The predicted octanol–water partition coefficient (Wildman–Crippen LogP) is 3.44. The van der Waals surface area contributed by atoms with E-state index in [4.69, 9.17) is 13.7 Å². The zero-order valence-electron chi connectivity index (χ0n) is 18.9. The van der Waals surface area contributed by atoms with E-state index >= 15 is 0 Å². The summed E-state index contributed by atoms with van der Waals surface area (Å²) in [6, 6.07) is 15.1. The van der Waals surface area contributed by atoms with Crippen molar-refractivity contribution in [1.82, 2.24) is 0 Å². The number of carbonyl (C=O) groups is 3. The molecular formula is C25H21NO8S. The average Bonchev–Trinajstić information content (AvgIpc) is 2.83. The Balaban J connectivity index is 1.48. The number of carbonyl (C=O) groups excluding carboxylic acids is 3. The summed E-state index contributed by atoms with van der Waals surface area (Å²) in [6.07, 6.45) is 0. The number of aryl methyl sites for hydroxylation is 2. The van der Waals surface area contributed by atoms with Crippen LogP contribution in [0.5, 0.6) is 11.5 Å².